The third kappa shape index (κ3) is 3.50. The number of likely N-dealkylation sites (N-methyl/N-ethyl adjacent to an activating group) is 1. The Bertz CT molecular complexity index is 529. The molecule has 0 aromatic carbocycles. The van der Waals surface area contributed by atoms with Gasteiger partial charge in [-0.25, -0.2) is 4.98 Å². The number of hydrogen-bond acceptors (Lipinski definition) is 5. The second-order valence-electron chi connectivity index (χ2n) is 6.28. The fourth-order valence-corrected chi connectivity index (χ4v) is 4.08. The number of carbonyl (C=O) groups excluding carboxylic acids is 1. The second kappa shape index (κ2) is 7.06. The maximum atomic E-state index is 12.8. The standard InChI is InChI=1S/C16H27N3O2S/c1-7-21-12(4)15-17-11(3)14(22-15)16(20)19-8-10(2)13(9-19)18(5)6/h10,12-13H,7-9H2,1-6H3/t10-,12-,13+/m1/s1. The molecule has 1 fully saturated rings. The van der Waals surface area contributed by atoms with Gasteiger partial charge in [0.1, 0.15) is 16.0 Å². The van der Waals surface area contributed by atoms with Crippen molar-refractivity contribution >= 4 is 17.2 Å². The van der Waals surface area contributed by atoms with E-state index in [4.69, 9.17) is 4.74 Å². The average Bonchev–Trinajstić information content (AvgIpc) is 3.02. The minimum Gasteiger partial charge on any atom is -0.372 e. The summed E-state index contributed by atoms with van der Waals surface area (Å²) in [4.78, 5) is 22.3. The van der Waals surface area contributed by atoms with Gasteiger partial charge in [0, 0.05) is 25.7 Å². The number of rotatable bonds is 5. The molecule has 1 aromatic heterocycles. The van der Waals surface area contributed by atoms with E-state index in [1.807, 2.05) is 25.7 Å². The molecule has 0 radical (unpaired) electrons. The Labute approximate surface area is 137 Å². The summed E-state index contributed by atoms with van der Waals surface area (Å²) in [6.07, 6.45) is -0.0534. The lowest BCUT2D eigenvalue weighted by Crippen LogP contribution is -2.35. The van der Waals surface area contributed by atoms with E-state index in [9.17, 15) is 4.79 Å². The molecule has 1 aliphatic heterocycles. The highest BCUT2D eigenvalue weighted by atomic mass is 32.1. The molecule has 2 rings (SSSR count). The summed E-state index contributed by atoms with van der Waals surface area (Å²) in [5, 5.41) is 0.888. The fourth-order valence-electron chi connectivity index (χ4n) is 3.04. The SMILES string of the molecule is CCO[C@H](C)c1nc(C)c(C(=O)N2C[C@@H](C)[C@@H](N(C)C)C2)s1. The molecule has 5 nitrogen and oxygen atoms in total. The molecule has 0 unspecified atom stereocenters. The number of carbonyl (C=O) groups is 1. The third-order valence-electron chi connectivity index (χ3n) is 4.29. The minimum absolute atomic E-state index is 0.0534. The first kappa shape index (κ1) is 17.4. The second-order valence-corrected chi connectivity index (χ2v) is 7.31. The monoisotopic (exact) mass is 325 g/mol. The van der Waals surface area contributed by atoms with Crippen molar-refractivity contribution in [3.8, 4) is 0 Å². The van der Waals surface area contributed by atoms with Crippen LogP contribution in [0.25, 0.3) is 0 Å². The van der Waals surface area contributed by atoms with Crippen molar-refractivity contribution in [2.45, 2.75) is 39.8 Å². The molecule has 2 heterocycles. The highest BCUT2D eigenvalue weighted by Crippen LogP contribution is 2.29. The van der Waals surface area contributed by atoms with Crippen LogP contribution in [0.5, 0.6) is 0 Å². The van der Waals surface area contributed by atoms with Crippen LogP contribution in [0.4, 0.5) is 0 Å². The van der Waals surface area contributed by atoms with Gasteiger partial charge < -0.3 is 14.5 Å². The Morgan fingerprint density at radius 2 is 2.18 bits per heavy atom. The summed E-state index contributed by atoms with van der Waals surface area (Å²) in [5.41, 5.74) is 0.817. The van der Waals surface area contributed by atoms with Gasteiger partial charge >= 0.3 is 0 Å². The summed E-state index contributed by atoms with van der Waals surface area (Å²) in [6, 6.07) is 0.430. The lowest BCUT2D eigenvalue weighted by molar-refractivity contribution is 0.0761. The Morgan fingerprint density at radius 3 is 2.73 bits per heavy atom. The maximum absolute atomic E-state index is 12.8. The first-order valence-corrected chi connectivity index (χ1v) is 8.71. The molecular formula is C16H27N3O2S. The number of nitrogens with zero attached hydrogens (tertiary/aromatic N) is 3. The fraction of sp³-hybridized carbons (Fsp3) is 0.750. The molecule has 1 saturated heterocycles. The number of ether oxygens (including phenoxy) is 1. The van der Waals surface area contributed by atoms with Gasteiger partial charge in [0.15, 0.2) is 0 Å². The Kier molecular flexibility index (Phi) is 5.58. The first-order valence-electron chi connectivity index (χ1n) is 7.89. The Hall–Kier alpha value is -0.980. The van der Waals surface area contributed by atoms with Crippen LogP contribution in [0.3, 0.4) is 0 Å². The lowest BCUT2D eigenvalue weighted by Gasteiger charge is -2.22. The molecule has 0 aliphatic carbocycles. The molecule has 1 aromatic rings. The van der Waals surface area contributed by atoms with Gasteiger partial charge in [-0.3, -0.25) is 4.79 Å². The molecule has 6 heteroatoms. The van der Waals surface area contributed by atoms with Crippen molar-refractivity contribution in [2.75, 3.05) is 33.8 Å². The van der Waals surface area contributed by atoms with Gasteiger partial charge in [0.05, 0.1) is 5.69 Å². The normalized spacial score (nSPS) is 23.3. The van der Waals surface area contributed by atoms with E-state index >= 15 is 0 Å². The van der Waals surface area contributed by atoms with Crippen molar-refractivity contribution in [3.63, 3.8) is 0 Å². The molecule has 3 atom stereocenters. The Morgan fingerprint density at radius 1 is 1.50 bits per heavy atom. The van der Waals surface area contributed by atoms with Crippen molar-refractivity contribution in [1.29, 1.82) is 0 Å². The number of likely N-dealkylation sites (tertiary alicyclic amines) is 1. The van der Waals surface area contributed by atoms with E-state index in [2.05, 4.69) is 30.9 Å². The zero-order valence-corrected chi connectivity index (χ0v) is 15.2. The van der Waals surface area contributed by atoms with Crippen molar-refractivity contribution in [3.05, 3.63) is 15.6 Å². The van der Waals surface area contributed by atoms with E-state index in [1.54, 1.807) is 0 Å². The molecule has 0 saturated carbocycles. The van der Waals surface area contributed by atoms with Crippen LogP contribution >= 0.6 is 11.3 Å². The van der Waals surface area contributed by atoms with Gasteiger partial charge in [-0.15, -0.1) is 11.3 Å². The van der Waals surface area contributed by atoms with Gasteiger partial charge in [-0.1, -0.05) is 6.92 Å². The van der Waals surface area contributed by atoms with E-state index in [1.165, 1.54) is 11.3 Å². The van der Waals surface area contributed by atoms with E-state index in [0.29, 0.717) is 18.6 Å². The zero-order chi connectivity index (χ0) is 16.4. The number of aryl methyl sites for hydroxylation is 1. The van der Waals surface area contributed by atoms with Gasteiger partial charge in [0.2, 0.25) is 0 Å². The van der Waals surface area contributed by atoms with Crippen LogP contribution in [-0.4, -0.2) is 60.5 Å². The number of aromatic nitrogens is 1. The average molecular weight is 325 g/mol. The van der Waals surface area contributed by atoms with Crippen LogP contribution < -0.4 is 0 Å². The maximum Gasteiger partial charge on any atom is 0.265 e. The molecule has 0 spiro atoms. The summed E-state index contributed by atoms with van der Waals surface area (Å²) in [5.74, 6) is 0.607. The lowest BCUT2D eigenvalue weighted by atomic mass is 10.1. The van der Waals surface area contributed by atoms with Crippen molar-refractivity contribution < 1.29 is 9.53 Å². The third-order valence-corrected chi connectivity index (χ3v) is 5.60. The van der Waals surface area contributed by atoms with Gasteiger partial charge in [-0.2, -0.15) is 0 Å². The predicted octanol–water partition coefficient (Wildman–Crippen LogP) is 2.57. The van der Waals surface area contributed by atoms with Crippen LogP contribution in [0, 0.1) is 12.8 Å². The van der Waals surface area contributed by atoms with E-state index in [0.717, 1.165) is 28.7 Å². The van der Waals surface area contributed by atoms with Crippen molar-refractivity contribution in [2.24, 2.45) is 5.92 Å². The van der Waals surface area contributed by atoms with Gasteiger partial charge in [-0.05, 0) is 40.8 Å². The van der Waals surface area contributed by atoms with Gasteiger partial charge in [0.25, 0.3) is 5.91 Å². The molecule has 0 N–H and O–H groups in total. The van der Waals surface area contributed by atoms with E-state index in [-0.39, 0.29) is 12.0 Å². The topological polar surface area (TPSA) is 45.7 Å². The van der Waals surface area contributed by atoms with Crippen LogP contribution in [0.1, 0.15) is 47.2 Å². The quantitative estimate of drug-likeness (QED) is 0.835. The summed E-state index contributed by atoms with van der Waals surface area (Å²) in [7, 11) is 4.16. The first-order chi connectivity index (χ1) is 10.3. The molecule has 124 valence electrons. The summed E-state index contributed by atoms with van der Waals surface area (Å²) in [6.45, 7) is 10.3. The number of thiazole rings is 1. The molecule has 1 amide bonds. The zero-order valence-electron chi connectivity index (χ0n) is 14.4. The molecule has 0 bridgehead atoms. The van der Waals surface area contributed by atoms with E-state index < -0.39 is 0 Å². The van der Waals surface area contributed by atoms with Crippen molar-refractivity contribution in [1.82, 2.24) is 14.8 Å². The molecule has 22 heavy (non-hydrogen) atoms. The smallest absolute Gasteiger partial charge is 0.265 e. The van der Waals surface area contributed by atoms with Crippen LogP contribution in [0.15, 0.2) is 0 Å². The minimum atomic E-state index is -0.0534. The van der Waals surface area contributed by atoms with Crippen LogP contribution in [0.2, 0.25) is 0 Å². The highest BCUT2D eigenvalue weighted by Gasteiger charge is 2.35. The number of hydrogen-bond donors (Lipinski definition) is 0. The van der Waals surface area contributed by atoms with Crippen LogP contribution in [-0.2, 0) is 4.74 Å². The molecule has 1 aliphatic rings. The summed E-state index contributed by atoms with van der Waals surface area (Å²) < 4.78 is 5.58. The highest BCUT2D eigenvalue weighted by molar-refractivity contribution is 7.13. The molecular weight excluding hydrogens is 298 g/mol. The number of amides is 1. The predicted molar refractivity (Wildman–Crippen MR) is 89.4 cm³/mol. The largest absolute Gasteiger partial charge is 0.372 e. The summed E-state index contributed by atoms with van der Waals surface area (Å²) >= 11 is 1.47. The Balaban J connectivity index is 2.13.